The molecule has 1 fully saturated rings. The van der Waals surface area contributed by atoms with Gasteiger partial charge in [-0.3, -0.25) is 4.79 Å². The molecule has 1 saturated heterocycles. The van der Waals surface area contributed by atoms with Crippen LogP contribution in [0.4, 0.5) is 4.79 Å². The maximum Gasteiger partial charge on any atom is 0.317 e. The van der Waals surface area contributed by atoms with Crippen LogP contribution in [0, 0.1) is 0 Å². The van der Waals surface area contributed by atoms with E-state index in [2.05, 4.69) is 17.4 Å². The third-order valence-corrected chi connectivity index (χ3v) is 4.93. The van der Waals surface area contributed by atoms with Crippen molar-refractivity contribution in [2.75, 3.05) is 26.2 Å². The Morgan fingerprint density at radius 2 is 1.52 bits per heavy atom. The van der Waals surface area contributed by atoms with Crippen molar-refractivity contribution in [2.24, 2.45) is 0 Å². The van der Waals surface area contributed by atoms with E-state index >= 15 is 0 Å². The highest BCUT2D eigenvalue weighted by Crippen LogP contribution is 2.23. The number of benzene rings is 1. The molecule has 0 spiro atoms. The van der Waals surface area contributed by atoms with E-state index in [9.17, 15) is 9.59 Å². The number of carbonyl (C=O) groups is 2. The molecule has 1 aromatic carbocycles. The Kier molecular flexibility index (Phi) is 5.02. The lowest BCUT2D eigenvalue weighted by Crippen LogP contribution is -2.56. The normalized spacial score (nSPS) is 17.9. The van der Waals surface area contributed by atoms with Crippen molar-refractivity contribution in [2.45, 2.75) is 52.0 Å². The fourth-order valence-corrected chi connectivity index (χ4v) is 3.56. The number of fused-ring (bicyclic) bond motifs is 1. The van der Waals surface area contributed by atoms with Crippen LogP contribution in [0.1, 0.15) is 55.1 Å². The molecular weight excluding hydrogens is 314 g/mol. The van der Waals surface area contributed by atoms with E-state index < -0.39 is 0 Å². The van der Waals surface area contributed by atoms with Gasteiger partial charge in [-0.1, -0.05) is 6.07 Å². The second-order valence-electron chi connectivity index (χ2n) is 8.15. The molecule has 3 rings (SSSR count). The molecule has 3 amide bonds. The van der Waals surface area contributed by atoms with Gasteiger partial charge in [-0.2, -0.15) is 0 Å². The van der Waals surface area contributed by atoms with Gasteiger partial charge in [0.05, 0.1) is 0 Å². The van der Waals surface area contributed by atoms with E-state index in [1.54, 1.807) is 4.90 Å². The lowest BCUT2D eigenvalue weighted by Gasteiger charge is -2.36. The van der Waals surface area contributed by atoms with Gasteiger partial charge < -0.3 is 15.1 Å². The van der Waals surface area contributed by atoms with Crippen molar-refractivity contribution in [3.8, 4) is 0 Å². The predicted molar refractivity (Wildman–Crippen MR) is 98.8 cm³/mol. The molecular formula is C20H29N3O2. The highest BCUT2D eigenvalue weighted by atomic mass is 16.2. The maximum atomic E-state index is 12.8. The van der Waals surface area contributed by atoms with E-state index in [-0.39, 0.29) is 17.5 Å². The number of aryl methyl sites for hydroxylation is 2. The Hall–Kier alpha value is -2.04. The summed E-state index contributed by atoms with van der Waals surface area (Å²) in [5.41, 5.74) is 3.27. The van der Waals surface area contributed by atoms with Gasteiger partial charge in [0.15, 0.2) is 0 Å². The molecule has 1 aliphatic carbocycles. The summed E-state index contributed by atoms with van der Waals surface area (Å²) in [6.45, 7) is 8.26. The fourth-order valence-electron chi connectivity index (χ4n) is 3.56. The molecule has 136 valence electrons. The van der Waals surface area contributed by atoms with Crippen LogP contribution >= 0.6 is 0 Å². The minimum absolute atomic E-state index is 0.0478. The van der Waals surface area contributed by atoms with Gasteiger partial charge in [0.25, 0.3) is 5.91 Å². The standard InChI is InChI=1S/C20H29N3O2/c1-20(2,3)21-19(25)23-12-10-22(11-13-23)18(24)17-9-8-15-6-4-5-7-16(15)14-17/h8-9,14H,4-7,10-13H2,1-3H3,(H,21,25). The molecule has 1 aliphatic heterocycles. The third-order valence-electron chi connectivity index (χ3n) is 4.93. The zero-order valence-corrected chi connectivity index (χ0v) is 15.6. The molecule has 5 nitrogen and oxygen atoms in total. The van der Waals surface area contributed by atoms with Crippen LogP contribution in [0.25, 0.3) is 0 Å². The summed E-state index contributed by atoms with van der Waals surface area (Å²) in [6.07, 6.45) is 4.67. The van der Waals surface area contributed by atoms with Crippen LogP contribution in [-0.4, -0.2) is 53.5 Å². The first kappa shape index (κ1) is 17.8. The van der Waals surface area contributed by atoms with Crippen LogP contribution < -0.4 is 5.32 Å². The van der Waals surface area contributed by atoms with Crippen molar-refractivity contribution in [3.63, 3.8) is 0 Å². The SMILES string of the molecule is CC(C)(C)NC(=O)N1CCN(C(=O)c2ccc3c(c2)CCCC3)CC1. The second kappa shape index (κ2) is 7.06. The first-order chi connectivity index (χ1) is 11.8. The van der Waals surface area contributed by atoms with Gasteiger partial charge in [0.2, 0.25) is 0 Å². The summed E-state index contributed by atoms with van der Waals surface area (Å²) in [6, 6.07) is 6.11. The summed E-state index contributed by atoms with van der Waals surface area (Å²) < 4.78 is 0. The fraction of sp³-hybridized carbons (Fsp3) is 0.600. The summed E-state index contributed by atoms with van der Waals surface area (Å²) in [5, 5.41) is 2.98. The number of urea groups is 1. The molecule has 1 heterocycles. The molecule has 2 aliphatic rings. The van der Waals surface area contributed by atoms with Gasteiger partial charge in [-0.25, -0.2) is 4.79 Å². The number of carbonyl (C=O) groups excluding carboxylic acids is 2. The van der Waals surface area contributed by atoms with Gasteiger partial charge >= 0.3 is 6.03 Å². The summed E-state index contributed by atoms with van der Waals surface area (Å²) in [7, 11) is 0. The van der Waals surface area contributed by atoms with Crippen molar-refractivity contribution < 1.29 is 9.59 Å². The molecule has 0 atom stereocenters. The molecule has 1 N–H and O–H groups in total. The number of rotatable bonds is 1. The van der Waals surface area contributed by atoms with Crippen molar-refractivity contribution in [1.29, 1.82) is 0 Å². The zero-order chi connectivity index (χ0) is 18.0. The summed E-state index contributed by atoms with van der Waals surface area (Å²) in [5.74, 6) is 0.0873. The third kappa shape index (κ3) is 4.33. The van der Waals surface area contributed by atoms with Crippen LogP contribution in [-0.2, 0) is 12.8 Å². The summed E-state index contributed by atoms with van der Waals surface area (Å²) >= 11 is 0. The number of piperazine rings is 1. The van der Waals surface area contributed by atoms with Crippen molar-refractivity contribution in [1.82, 2.24) is 15.1 Å². The number of hydrogen-bond donors (Lipinski definition) is 1. The highest BCUT2D eigenvalue weighted by molar-refractivity contribution is 5.94. The van der Waals surface area contributed by atoms with E-state index in [0.29, 0.717) is 26.2 Å². The Morgan fingerprint density at radius 1 is 0.920 bits per heavy atom. The lowest BCUT2D eigenvalue weighted by molar-refractivity contribution is 0.0661. The Labute approximate surface area is 150 Å². The molecule has 25 heavy (non-hydrogen) atoms. The van der Waals surface area contributed by atoms with Gasteiger partial charge in [0, 0.05) is 37.3 Å². The van der Waals surface area contributed by atoms with E-state index in [1.165, 1.54) is 24.0 Å². The first-order valence-corrected chi connectivity index (χ1v) is 9.32. The number of nitrogens with one attached hydrogen (secondary N) is 1. The quantitative estimate of drug-likeness (QED) is 0.852. The van der Waals surface area contributed by atoms with Crippen molar-refractivity contribution >= 4 is 11.9 Å². The minimum Gasteiger partial charge on any atom is -0.335 e. The van der Waals surface area contributed by atoms with E-state index in [0.717, 1.165) is 18.4 Å². The Balaban J connectivity index is 1.59. The topological polar surface area (TPSA) is 52.7 Å². The van der Waals surface area contributed by atoms with E-state index in [1.807, 2.05) is 31.7 Å². The minimum atomic E-state index is -0.243. The molecule has 0 unspecified atom stereocenters. The molecule has 1 aromatic rings. The number of nitrogens with zero attached hydrogens (tertiary/aromatic N) is 2. The van der Waals surface area contributed by atoms with Crippen LogP contribution in [0.2, 0.25) is 0 Å². The van der Waals surface area contributed by atoms with Gasteiger partial charge in [0.1, 0.15) is 0 Å². The van der Waals surface area contributed by atoms with E-state index in [4.69, 9.17) is 0 Å². The monoisotopic (exact) mass is 343 g/mol. The Morgan fingerprint density at radius 3 is 2.16 bits per heavy atom. The molecule has 0 aromatic heterocycles. The van der Waals surface area contributed by atoms with Crippen LogP contribution in [0.15, 0.2) is 18.2 Å². The van der Waals surface area contributed by atoms with Crippen LogP contribution in [0.3, 0.4) is 0 Å². The van der Waals surface area contributed by atoms with Crippen LogP contribution in [0.5, 0.6) is 0 Å². The molecule has 0 radical (unpaired) electrons. The average Bonchev–Trinajstić information content (AvgIpc) is 2.59. The molecule has 0 saturated carbocycles. The zero-order valence-electron chi connectivity index (χ0n) is 15.6. The molecule has 5 heteroatoms. The maximum absolute atomic E-state index is 12.8. The smallest absolute Gasteiger partial charge is 0.317 e. The number of hydrogen-bond acceptors (Lipinski definition) is 2. The second-order valence-corrected chi connectivity index (χ2v) is 8.15. The predicted octanol–water partition coefficient (Wildman–Crippen LogP) is 2.83. The Bertz CT molecular complexity index is 655. The molecule has 0 bridgehead atoms. The van der Waals surface area contributed by atoms with Gasteiger partial charge in [-0.15, -0.1) is 0 Å². The number of amides is 3. The first-order valence-electron chi connectivity index (χ1n) is 9.32. The largest absolute Gasteiger partial charge is 0.335 e. The average molecular weight is 343 g/mol. The van der Waals surface area contributed by atoms with Gasteiger partial charge in [-0.05, 0) is 69.7 Å². The highest BCUT2D eigenvalue weighted by Gasteiger charge is 2.27. The lowest BCUT2D eigenvalue weighted by atomic mass is 9.90. The summed E-state index contributed by atoms with van der Waals surface area (Å²) in [4.78, 5) is 28.7. The van der Waals surface area contributed by atoms with Crippen molar-refractivity contribution in [3.05, 3.63) is 34.9 Å².